The van der Waals surface area contributed by atoms with Crippen LogP contribution in [0.15, 0.2) is 18.3 Å². The van der Waals surface area contributed by atoms with Crippen molar-refractivity contribution in [1.29, 1.82) is 0 Å². The van der Waals surface area contributed by atoms with E-state index in [0.717, 1.165) is 19.1 Å². The second-order valence-electron chi connectivity index (χ2n) is 4.06. The van der Waals surface area contributed by atoms with E-state index in [1.807, 2.05) is 19.2 Å². The van der Waals surface area contributed by atoms with E-state index < -0.39 is 0 Å². The molecule has 1 saturated carbocycles. The van der Waals surface area contributed by atoms with Crippen molar-refractivity contribution in [2.24, 2.45) is 11.7 Å². The largest absolute Gasteiger partial charge is 2.00 e. The van der Waals surface area contributed by atoms with E-state index in [0.29, 0.717) is 0 Å². The fraction of sp³-hybridized carbons (Fsp3) is 0.538. The van der Waals surface area contributed by atoms with Gasteiger partial charge in [-0.15, -0.1) is 12.4 Å². The van der Waals surface area contributed by atoms with Crippen LogP contribution in [0.3, 0.4) is 0 Å². The van der Waals surface area contributed by atoms with Gasteiger partial charge in [-0.3, -0.25) is 0 Å². The molecule has 1 heterocycles. The Morgan fingerprint density at radius 1 is 1.58 bits per heavy atom. The smallest absolute Gasteiger partial charge is 0.454 e. The van der Waals surface area contributed by atoms with Crippen LogP contribution in [0.25, 0.3) is 0 Å². The third kappa shape index (κ3) is 18.0. The number of aromatic nitrogens is 1. The van der Waals surface area contributed by atoms with Gasteiger partial charge in [0.2, 0.25) is 0 Å². The van der Waals surface area contributed by atoms with Crippen LogP contribution >= 0.6 is 0 Å². The first-order valence-corrected chi connectivity index (χ1v) is 6.04. The molecule has 0 bridgehead atoms. The van der Waals surface area contributed by atoms with Gasteiger partial charge in [-0.1, -0.05) is 32.2 Å². The molecule has 4 N–H and O–H groups in total. The first-order valence-electron chi connectivity index (χ1n) is 6.04. The summed E-state index contributed by atoms with van der Waals surface area (Å²) in [5.41, 5.74) is 5.26. The molecule has 1 aromatic heterocycles. The summed E-state index contributed by atoms with van der Waals surface area (Å²) < 4.78 is 9.94. The first kappa shape index (κ1) is 21.3. The Balaban J connectivity index is 0. The molecule has 1 fully saturated rings. The number of halogens is 1. The Kier molecular flexibility index (Phi) is 18.0. The molecule has 1 aliphatic rings. The van der Waals surface area contributed by atoms with Crippen molar-refractivity contribution in [3.8, 4) is 0 Å². The summed E-state index contributed by atoms with van der Waals surface area (Å²) in [5, 5.41) is 6.19. The van der Waals surface area contributed by atoms with E-state index in [9.17, 15) is 4.39 Å². The molecule has 0 saturated heterocycles. The van der Waals surface area contributed by atoms with Gasteiger partial charge >= 0.3 is 31.1 Å². The average Bonchev–Trinajstić information content (AvgIpc) is 3.15. The number of nitrogens with one attached hydrogen (secondary N) is 2. The number of nitrogens with two attached hydrogens (primary N) is 1. The van der Waals surface area contributed by atoms with E-state index >= 15 is 0 Å². The number of pyridine rings is 1. The van der Waals surface area contributed by atoms with Gasteiger partial charge in [0.15, 0.2) is 0 Å². The van der Waals surface area contributed by atoms with E-state index in [2.05, 4.69) is 34.5 Å². The Morgan fingerprint density at radius 3 is 2.53 bits per heavy atom. The van der Waals surface area contributed by atoms with Crippen LogP contribution in [-0.4, -0.2) is 18.7 Å². The average molecular weight is 492 g/mol. The van der Waals surface area contributed by atoms with Crippen LogP contribution < -0.4 is 16.4 Å². The van der Waals surface area contributed by atoms with Crippen molar-refractivity contribution < 1.29 is 35.5 Å². The van der Waals surface area contributed by atoms with Crippen LogP contribution in [0.1, 0.15) is 25.3 Å². The maximum Gasteiger partial charge on any atom is 2.00 e. The van der Waals surface area contributed by atoms with Crippen LogP contribution in [0.4, 0.5) is 4.39 Å². The summed E-state index contributed by atoms with van der Waals surface area (Å²) in [6, 6.07) is 3.85. The standard InChI is InChI=1S/C8H12N3.C4H8.CH3FN.U/c1-9-7-11-6-8-2-4-10-5-3-8;1-4-2-3-4;2-1-3;/h2-4,9,11H,6-7H2,1H3;4H,2-3H2,1H3;1H,3H2;/q-1;;-1;+2. The van der Waals surface area contributed by atoms with Crippen molar-refractivity contribution in [2.75, 3.05) is 13.7 Å². The monoisotopic (exact) mass is 492 g/mol. The van der Waals surface area contributed by atoms with E-state index in [-0.39, 0.29) is 37.9 Å². The normalized spacial score (nSPS) is 12.2. The predicted molar refractivity (Wildman–Crippen MR) is 71.8 cm³/mol. The molecule has 6 heteroatoms. The van der Waals surface area contributed by atoms with E-state index in [1.165, 1.54) is 18.4 Å². The second kappa shape index (κ2) is 16.1. The molecular formula is C13H23FN4U. The number of rotatable bonds is 4. The van der Waals surface area contributed by atoms with Gasteiger partial charge in [-0.05, 0) is 19.5 Å². The summed E-state index contributed by atoms with van der Waals surface area (Å²) in [7, 11) is 1.91. The SMILES string of the molecule is CC1CC1.CNCNCc1c[c-]ncc1.N[CH-]F.[U+2]. The van der Waals surface area contributed by atoms with Gasteiger partial charge in [0.25, 0.3) is 0 Å². The van der Waals surface area contributed by atoms with Gasteiger partial charge in [0.1, 0.15) is 0 Å². The fourth-order valence-corrected chi connectivity index (χ4v) is 0.953. The van der Waals surface area contributed by atoms with Gasteiger partial charge in [-0.2, -0.15) is 12.1 Å². The molecule has 4 nitrogen and oxygen atoms in total. The van der Waals surface area contributed by atoms with Crippen molar-refractivity contribution in [1.82, 2.24) is 15.6 Å². The molecule has 0 aliphatic heterocycles. The number of hydrogen-bond acceptors (Lipinski definition) is 4. The topological polar surface area (TPSA) is 63.0 Å². The van der Waals surface area contributed by atoms with E-state index in [1.54, 1.807) is 6.20 Å². The zero-order valence-electron chi connectivity index (χ0n) is 11.6. The molecule has 0 spiro atoms. The molecule has 0 unspecified atom stereocenters. The minimum absolute atomic E-state index is 0. The van der Waals surface area contributed by atoms with Gasteiger partial charge in [-0.25, -0.2) is 0 Å². The van der Waals surface area contributed by atoms with Crippen LogP contribution in [0, 0.1) is 50.0 Å². The zero-order chi connectivity index (χ0) is 13.6. The second-order valence-corrected chi connectivity index (χ2v) is 4.06. The van der Waals surface area contributed by atoms with Crippen molar-refractivity contribution in [2.45, 2.75) is 26.3 Å². The Bertz CT molecular complexity index is 271. The summed E-state index contributed by atoms with van der Waals surface area (Å²) in [6.07, 6.45) is 7.50. The molecule has 0 amide bonds. The van der Waals surface area contributed by atoms with E-state index in [4.69, 9.17) is 0 Å². The molecule has 2 rings (SSSR count). The molecule has 19 heavy (non-hydrogen) atoms. The van der Waals surface area contributed by atoms with Crippen molar-refractivity contribution in [3.63, 3.8) is 0 Å². The Morgan fingerprint density at radius 2 is 2.16 bits per heavy atom. The van der Waals surface area contributed by atoms with Crippen molar-refractivity contribution in [3.05, 3.63) is 36.9 Å². The summed E-state index contributed by atoms with van der Waals surface area (Å²) in [6.45, 7) is 3.96. The maximum atomic E-state index is 9.94. The fourth-order valence-electron chi connectivity index (χ4n) is 0.953. The quantitative estimate of drug-likeness (QED) is 0.259. The molecule has 0 atom stereocenters. The molecule has 1 aliphatic carbocycles. The predicted octanol–water partition coefficient (Wildman–Crippen LogP) is 1.60. The molecule has 0 aromatic carbocycles. The third-order valence-corrected chi connectivity index (χ3v) is 2.18. The minimum atomic E-state index is 0. The zero-order valence-corrected chi connectivity index (χ0v) is 15.8. The van der Waals surface area contributed by atoms with Gasteiger partial charge in [0.05, 0.1) is 0 Å². The maximum absolute atomic E-state index is 9.94. The number of nitrogens with zero attached hydrogens (tertiary/aromatic N) is 1. The Labute approximate surface area is 139 Å². The van der Waals surface area contributed by atoms with Gasteiger partial charge < -0.3 is 25.7 Å². The number of hydrogen-bond donors (Lipinski definition) is 3. The summed E-state index contributed by atoms with van der Waals surface area (Å²) >= 11 is 0. The molecule has 1 aromatic rings. The van der Waals surface area contributed by atoms with Crippen LogP contribution in [0.2, 0.25) is 0 Å². The van der Waals surface area contributed by atoms with Crippen LogP contribution in [0.5, 0.6) is 0 Å². The third-order valence-electron chi connectivity index (χ3n) is 2.18. The minimum Gasteiger partial charge on any atom is -0.454 e. The first-order chi connectivity index (χ1) is 8.74. The molecular weight excluding hydrogens is 469 g/mol. The van der Waals surface area contributed by atoms with Crippen LogP contribution in [-0.2, 0) is 6.54 Å². The molecule has 0 radical (unpaired) electrons. The van der Waals surface area contributed by atoms with Crippen molar-refractivity contribution >= 4 is 0 Å². The Hall–Kier alpha value is 0.0119. The summed E-state index contributed by atoms with van der Waals surface area (Å²) in [5.74, 6) is 1.08. The summed E-state index contributed by atoms with van der Waals surface area (Å²) in [4.78, 5) is 3.81. The van der Waals surface area contributed by atoms with Gasteiger partial charge in [0, 0.05) is 6.67 Å². The molecule has 106 valence electrons.